The number of aryl methyl sites for hydroxylation is 1. The van der Waals surface area contributed by atoms with Crippen LogP contribution in [-0.4, -0.2) is 115 Å². The highest BCUT2D eigenvalue weighted by molar-refractivity contribution is 6.08. The molecule has 1 aliphatic carbocycles. The van der Waals surface area contributed by atoms with Crippen molar-refractivity contribution < 1.29 is 32.6 Å². The number of hydrogen-bond acceptors (Lipinski definition) is 11. The Hall–Kier alpha value is -5.97. The summed E-state index contributed by atoms with van der Waals surface area (Å²) in [6.07, 6.45) is 7.60. The van der Waals surface area contributed by atoms with E-state index in [9.17, 15) is 28.0 Å². The van der Waals surface area contributed by atoms with Gasteiger partial charge in [0.2, 0.25) is 11.8 Å². The Balaban J connectivity index is 0.695. The summed E-state index contributed by atoms with van der Waals surface area (Å²) in [5.74, 6) is 6.11. The van der Waals surface area contributed by atoms with Gasteiger partial charge in [-0.3, -0.25) is 33.5 Å². The molecular weight excluding hydrogens is 817 g/mol. The van der Waals surface area contributed by atoms with Gasteiger partial charge in [-0.2, -0.15) is 10.2 Å². The van der Waals surface area contributed by atoms with E-state index in [4.69, 9.17) is 14.5 Å². The van der Waals surface area contributed by atoms with Crippen molar-refractivity contribution in [1.82, 2.24) is 43.7 Å². The summed E-state index contributed by atoms with van der Waals surface area (Å²) in [6.45, 7) is 6.18. The Morgan fingerprint density at radius 1 is 1.06 bits per heavy atom. The Kier molecular flexibility index (Phi) is 10.8. The lowest BCUT2D eigenvalue weighted by molar-refractivity contribution is -0.135. The number of alkyl halides is 2. The molecule has 5 aromatic rings. The van der Waals surface area contributed by atoms with Crippen molar-refractivity contribution in [3.8, 4) is 11.8 Å². The van der Waals surface area contributed by atoms with E-state index in [1.165, 1.54) is 26.0 Å². The summed E-state index contributed by atoms with van der Waals surface area (Å²) in [5.41, 5.74) is 1.82. The van der Waals surface area contributed by atoms with Crippen molar-refractivity contribution in [1.29, 1.82) is 0 Å². The molecule has 1 spiro atoms. The first kappa shape index (κ1) is 41.1. The first-order chi connectivity index (χ1) is 30.5. The number of anilines is 2. The summed E-state index contributed by atoms with van der Waals surface area (Å²) in [7, 11) is 1.66. The van der Waals surface area contributed by atoms with Gasteiger partial charge in [0.1, 0.15) is 24.0 Å². The number of nitrogens with zero attached hydrogens (tertiary/aromatic N) is 9. The SMILES string of the molecule is Cn1c(=O)n(C2CCC(=O)NC2=O)c2cccc(C#CCOC3CCN(C[C@H]4CC[C@H](n5cc(NC(=O)c6cnn7ccc(N8CC9(COC9)C8)nc67)c(C(F)F)n5)CC4)CC3)c21. The number of hydrogen-bond donors (Lipinski definition) is 2. The molecule has 330 valence electrons. The number of imide groups is 1. The number of ether oxygens (including phenoxy) is 2. The summed E-state index contributed by atoms with van der Waals surface area (Å²) in [5, 5.41) is 13.6. The molecule has 2 N–H and O–H groups in total. The predicted octanol–water partition coefficient (Wildman–Crippen LogP) is 3.85. The van der Waals surface area contributed by atoms with E-state index in [1.807, 2.05) is 18.2 Å². The van der Waals surface area contributed by atoms with Crippen LogP contribution in [0.1, 0.15) is 91.5 Å². The van der Waals surface area contributed by atoms with E-state index >= 15 is 0 Å². The van der Waals surface area contributed by atoms with Crippen LogP contribution in [0.5, 0.6) is 0 Å². The highest BCUT2D eigenvalue weighted by Gasteiger charge is 2.49. The Morgan fingerprint density at radius 2 is 1.86 bits per heavy atom. The van der Waals surface area contributed by atoms with Crippen molar-refractivity contribution in [2.45, 2.75) is 76.0 Å². The van der Waals surface area contributed by atoms with Gasteiger partial charge < -0.3 is 24.6 Å². The molecule has 3 amide bonds. The Labute approximate surface area is 360 Å². The average Bonchev–Trinajstić information content (AvgIpc) is 3.94. The standard InChI is InChI=1S/C44H49F2N11O6/c1-52-38-28(4-2-6-33(38)57(43(52)61)34-11-12-36(58)50-42(34)60)5-3-19-63-30-13-16-53(17-14-30)21-27-7-9-29(10-8-27)56-22-32(37(51-56)39(45)46)48-41(59)31-20-47-55-18-15-35(49-40(31)55)54-23-44(24-54)25-62-26-44/h2,4,6,15,18,20,22,27,29-30,34,39H,7-14,16-17,19,21,23-26H2,1H3,(H,48,59)(H,50,58,60)/t27-,29-,34?. The van der Waals surface area contributed by atoms with E-state index in [2.05, 4.69) is 42.5 Å². The quantitative estimate of drug-likeness (QED) is 0.154. The number of nitrogens with one attached hydrogen (secondary N) is 2. The third kappa shape index (κ3) is 7.88. The van der Waals surface area contributed by atoms with Crippen molar-refractivity contribution in [3.05, 3.63) is 70.2 Å². The van der Waals surface area contributed by atoms with Gasteiger partial charge in [-0.1, -0.05) is 17.9 Å². The van der Waals surface area contributed by atoms with Gasteiger partial charge in [0, 0.05) is 58.6 Å². The van der Waals surface area contributed by atoms with E-state index in [1.54, 1.807) is 24.0 Å². The van der Waals surface area contributed by atoms with Crippen LogP contribution in [-0.2, 0) is 26.1 Å². The fourth-order valence-corrected chi connectivity index (χ4v) is 10.0. The summed E-state index contributed by atoms with van der Waals surface area (Å²) < 4.78 is 46.2. The maximum absolute atomic E-state index is 14.3. The van der Waals surface area contributed by atoms with Gasteiger partial charge in [0.15, 0.2) is 11.3 Å². The molecule has 5 fully saturated rings. The number of benzene rings is 1. The minimum atomic E-state index is -2.86. The minimum Gasteiger partial charge on any atom is -0.380 e. The van der Waals surface area contributed by atoms with Gasteiger partial charge in [0.05, 0.1) is 59.3 Å². The smallest absolute Gasteiger partial charge is 0.329 e. The van der Waals surface area contributed by atoms with E-state index in [0.717, 1.165) is 90.3 Å². The first-order valence-corrected chi connectivity index (χ1v) is 21.7. The van der Waals surface area contributed by atoms with Gasteiger partial charge in [-0.25, -0.2) is 23.1 Å². The highest BCUT2D eigenvalue weighted by atomic mass is 19.3. The topological polar surface area (TPSA) is 175 Å². The molecule has 4 aromatic heterocycles. The molecule has 5 aliphatic rings. The van der Waals surface area contributed by atoms with Crippen LogP contribution in [0.15, 0.2) is 47.7 Å². The molecule has 10 rings (SSSR count). The number of halogens is 2. The van der Waals surface area contributed by atoms with Gasteiger partial charge in [-0.05, 0) is 69.1 Å². The molecule has 1 aromatic carbocycles. The lowest BCUT2D eigenvalue weighted by atomic mass is 9.78. The number of fused-ring (bicyclic) bond motifs is 2. The number of piperidine rings is 2. The average molecular weight is 866 g/mol. The summed E-state index contributed by atoms with van der Waals surface area (Å²) in [4.78, 5) is 60.3. The van der Waals surface area contributed by atoms with E-state index in [-0.39, 0.29) is 59.9 Å². The maximum atomic E-state index is 14.3. The lowest BCUT2D eigenvalue weighted by Crippen LogP contribution is -2.66. The second-order valence-corrected chi connectivity index (χ2v) is 17.8. The molecule has 63 heavy (non-hydrogen) atoms. The number of likely N-dealkylation sites (tertiary alicyclic amines) is 1. The molecule has 0 bridgehead atoms. The fraction of sp³-hybridized carbons (Fsp3) is 0.523. The second-order valence-electron chi connectivity index (χ2n) is 17.8. The zero-order valence-corrected chi connectivity index (χ0v) is 35.0. The van der Waals surface area contributed by atoms with Gasteiger partial charge >= 0.3 is 5.69 Å². The number of carbonyl (C=O) groups excluding carboxylic acids is 3. The molecule has 0 radical (unpaired) electrons. The molecule has 19 heteroatoms. The fourth-order valence-electron chi connectivity index (χ4n) is 10.0. The first-order valence-electron chi connectivity index (χ1n) is 21.7. The number of para-hydroxylation sites is 1. The van der Waals surface area contributed by atoms with E-state index < -0.39 is 30.0 Å². The molecule has 1 unspecified atom stereocenters. The predicted molar refractivity (Wildman–Crippen MR) is 225 cm³/mol. The highest BCUT2D eigenvalue weighted by Crippen LogP contribution is 2.40. The van der Waals surface area contributed by atoms with Crippen LogP contribution in [0, 0.1) is 23.2 Å². The Morgan fingerprint density at radius 3 is 2.59 bits per heavy atom. The maximum Gasteiger partial charge on any atom is 0.329 e. The number of carbonyl (C=O) groups is 3. The number of rotatable bonds is 10. The molecule has 1 saturated carbocycles. The second kappa shape index (κ2) is 16.6. The normalized spacial score (nSPS) is 22.9. The minimum absolute atomic E-state index is 0.00981. The van der Waals surface area contributed by atoms with Crippen LogP contribution >= 0.6 is 0 Å². The molecule has 8 heterocycles. The largest absolute Gasteiger partial charge is 0.380 e. The van der Waals surface area contributed by atoms with Gasteiger partial charge in [0.25, 0.3) is 12.3 Å². The van der Waals surface area contributed by atoms with Crippen molar-refractivity contribution >= 4 is 45.9 Å². The monoisotopic (exact) mass is 865 g/mol. The lowest BCUT2D eigenvalue weighted by Gasteiger charge is -2.55. The molecular formula is C44H49F2N11O6. The van der Waals surface area contributed by atoms with Crippen LogP contribution < -0.4 is 21.2 Å². The van der Waals surface area contributed by atoms with Crippen LogP contribution in [0.3, 0.4) is 0 Å². The third-order valence-electron chi connectivity index (χ3n) is 13.5. The van der Waals surface area contributed by atoms with Crippen molar-refractivity contribution in [2.24, 2.45) is 18.4 Å². The number of amides is 3. The zero-order chi connectivity index (χ0) is 43.4. The van der Waals surface area contributed by atoms with Gasteiger partial charge in [-0.15, -0.1) is 0 Å². The van der Waals surface area contributed by atoms with Crippen LogP contribution in [0.2, 0.25) is 0 Å². The van der Waals surface area contributed by atoms with Crippen molar-refractivity contribution in [3.63, 3.8) is 0 Å². The van der Waals surface area contributed by atoms with Crippen molar-refractivity contribution in [2.75, 3.05) is 62.8 Å². The summed E-state index contributed by atoms with van der Waals surface area (Å²) >= 11 is 0. The van der Waals surface area contributed by atoms with Crippen LogP contribution in [0.25, 0.3) is 16.7 Å². The summed E-state index contributed by atoms with van der Waals surface area (Å²) in [6, 6.07) is 6.48. The number of imidazole rings is 1. The van der Waals surface area contributed by atoms with E-state index in [0.29, 0.717) is 28.2 Å². The zero-order valence-electron chi connectivity index (χ0n) is 35.0. The Bertz CT molecular complexity index is 2700. The number of aromatic nitrogens is 7. The third-order valence-corrected chi connectivity index (χ3v) is 13.5. The molecule has 1 atom stereocenters. The molecule has 17 nitrogen and oxygen atoms in total. The molecule has 4 saturated heterocycles. The molecule has 4 aliphatic heterocycles. The van der Waals surface area contributed by atoms with Crippen LogP contribution in [0.4, 0.5) is 20.3 Å².